The first-order valence-electron chi connectivity index (χ1n) is 5.11. The molecule has 0 aliphatic carbocycles. The normalized spacial score (nSPS) is 18.9. The molecule has 1 saturated heterocycles. The molecule has 1 atom stereocenters. The van der Waals surface area contributed by atoms with Crippen molar-refractivity contribution in [1.82, 2.24) is 5.32 Å². The van der Waals surface area contributed by atoms with E-state index in [1.165, 1.54) is 18.2 Å². The van der Waals surface area contributed by atoms with Crippen LogP contribution < -0.4 is 10.6 Å². The summed E-state index contributed by atoms with van der Waals surface area (Å²) in [7, 11) is 0. The third-order valence-corrected chi connectivity index (χ3v) is 3.16. The Bertz CT molecular complexity index is 479. The van der Waals surface area contributed by atoms with Crippen molar-refractivity contribution >= 4 is 33.4 Å². The van der Waals surface area contributed by atoms with E-state index in [2.05, 4.69) is 26.6 Å². The number of nitrogens with one attached hydrogen (secondary N) is 2. The van der Waals surface area contributed by atoms with Gasteiger partial charge >= 0.3 is 0 Å². The molecule has 0 radical (unpaired) electrons. The lowest BCUT2D eigenvalue weighted by Crippen LogP contribution is -2.37. The number of carbonyl (C=O) groups excluding carboxylic acids is 2. The summed E-state index contributed by atoms with van der Waals surface area (Å²) in [6.45, 7) is 0. The lowest BCUT2D eigenvalue weighted by atomic mass is 10.2. The zero-order valence-electron chi connectivity index (χ0n) is 8.80. The van der Waals surface area contributed by atoms with E-state index in [1.807, 2.05) is 0 Å². The third-order valence-electron chi connectivity index (χ3n) is 2.50. The van der Waals surface area contributed by atoms with Crippen LogP contribution in [0.2, 0.25) is 0 Å². The molecule has 2 rings (SSSR count). The van der Waals surface area contributed by atoms with Crippen LogP contribution in [0.1, 0.15) is 12.8 Å². The van der Waals surface area contributed by atoms with Gasteiger partial charge in [-0.3, -0.25) is 9.59 Å². The van der Waals surface area contributed by atoms with E-state index in [1.54, 1.807) is 0 Å². The molecule has 0 aromatic heterocycles. The van der Waals surface area contributed by atoms with Gasteiger partial charge in [0.1, 0.15) is 11.9 Å². The molecule has 1 fully saturated rings. The van der Waals surface area contributed by atoms with E-state index in [0.29, 0.717) is 23.0 Å². The Morgan fingerprint density at radius 1 is 1.53 bits per heavy atom. The van der Waals surface area contributed by atoms with Crippen LogP contribution in [-0.2, 0) is 9.59 Å². The Labute approximate surface area is 106 Å². The monoisotopic (exact) mass is 300 g/mol. The number of amides is 2. The van der Waals surface area contributed by atoms with E-state index in [9.17, 15) is 14.0 Å². The van der Waals surface area contributed by atoms with Crippen LogP contribution in [0.3, 0.4) is 0 Å². The van der Waals surface area contributed by atoms with E-state index in [0.717, 1.165) is 0 Å². The van der Waals surface area contributed by atoms with Crippen LogP contribution in [0.4, 0.5) is 10.1 Å². The van der Waals surface area contributed by atoms with E-state index < -0.39 is 6.04 Å². The summed E-state index contributed by atoms with van der Waals surface area (Å²) in [5, 5.41) is 5.20. The van der Waals surface area contributed by atoms with Crippen LogP contribution in [-0.4, -0.2) is 17.9 Å². The van der Waals surface area contributed by atoms with Crippen LogP contribution in [0.5, 0.6) is 0 Å². The average Bonchev–Trinajstić information content (AvgIpc) is 2.69. The van der Waals surface area contributed by atoms with Crippen LogP contribution in [0, 0.1) is 5.82 Å². The van der Waals surface area contributed by atoms with Crippen molar-refractivity contribution < 1.29 is 14.0 Å². The lowest BCUT2D eigenvalue weighted by Gasteiger charge is -2.12. The summed E-state index contributed by atoms with van der Waals surface area (Å²) in [4.78, 5) is 22.7. The van der Waals surface area contributed by atoms with Crippen LogP contribution in [0.15, 0.2) is 22.7 Å². The predicted octanol–water partition coefficient (Wildman–Crippen LogP) is 1.81. The molecule has 4 nitrogen and oxygen atoms in total. The Hall–Kier alpha value is -1.43. The molecule has 1 aliphatic heterocycles. The second-order valence-electron chi connectivity index (χ2n) is 3.77. The first kappa shape index (κ1) is 12.0. The van der Waals surface area contributed by atoms with Gasteiger partial charge in [-0.1, -0.05) is 0 Å². The molecule has 0 saturated carbocycles. The summed E-state index contributed by atoms with van der Waals surface area (Å²) in [5.41, 5.74) is 0.484. The van der Waals surface area contributed by atoms with Crippen LogP contribution in [0.25, 0.3) is 0 Å². The number of hydrogen-bond acceptors (Lipinski definition) is 2. The second-order valence-corrected chi connectivity index (χ2v) is 4.63. The fourth-order valence-electron chi connectivity index (χ4n) is 1.62. The van der Waals surface area contributed by atoms with Gasteiger partial charge in [0.2, 0.25) is 11.8 Å². The highest BCUT2D eigenvalue weighted by molar-refractivity contribution is 9.10. The first-order valence-corrected chi connectivity index (χ1v) is 5.91. The van der Waals surface area contributed by atoms with Gasteiger partial charge in [0, 0.05) is 10.9 Å². The predicted molar refractivity (Wildman–Crippen MR) is 63.9 cm³/mol. The minimum Gasteiger partial charge on any atom is -0.344 e. The van der Waals surface area contributed by atoms with Crippen molar-refractivity contribution in [3.63, 3.8) is 0 Å². The SMILES string of the molecule is O=C1CC[C@@H](C(=O)Nc2ccc(F)cc2Br)N1. The van der Waals surface area contributed by atoms with Gasteiger partial charge in [-0.05, 0) is 40.5 Å². The summed E-state index contributed by atoms with van der Waals surface area (Å²) in [6, 6.07) is 3.49. The molecular weight excluding hydrogens is 291 g/mol. The van der Waals surface area contributed by atoms with Crippen molar-refractivity contribution in [2.24, 2.45) is 0 Å². The topological polar surface area (TPSA) is 58.2 Å². The van der Waals surface area contributed by atoms with Gasteiger partial charge < -0.3 is 10.6 Å². The molecule has 2 amide bonds. The zero-order chi connectivity index (χ0) is 12.4. The quantitative estimate of drug-likeness (QED) is 0.875. The van der Waals surface area contributed by atoms with E-state index in [-0.39, 0.29) is 17.6 Å². The fourth-order valence-corrected chi connectivity index (χ4v) is 2.07. The second kappa shape index (κ2) is 4.83. The molecule has 1 aromatic rings. The highest BCUT2D eigenvalue weighted by Gasteiger charge is 2.27. The number of halogens is 2. The number of hydrogen-bond donors (Lipinski definition) is 2. The molecule has 1 heterocycles. The average molecular weight is 301 g/mol. The molecule has 2 N–H and O–H groups in total. The van der Waals surface area contributed by atoms with Crippen molar-refractivity contribution in [2.45, 2.75) is 18.9 Å². The highest BCUT2D eigenvalue weighted by atomic mass is 79.9. The lowest BCUT2D eigenvalue weighted by molar-refractivity contribution is -0.122. The molecule has 1 aliphatic rings. The third kappa shape index (κ3) is 2.82. The van der Waals surface area contributed by atoms with Crippen LogP contribution >= 0.6 is 15.9 Å². The maximum absolute atomic E-state index is 12.8. The minimum atomic E-state index is -0.501. The Balaban J connectivity index is 2.05. The molecule has 0 unspecified atom stereocenters. The maximum atomic E-state index is 12.8. The van der Waals surface area contributed by atoms with Crippen molar-refractivity contribution in [2.75, 3.05) is 5.32 Å². The summed E-state index contributed by atoms with van der Waals surface area (Å²) < 4.78 is 13.3. The fraction of sp³-hybridized carbons (Fsp3) is 0.273. The van der Waals surface area contributed by atoms with Crippen molar-refractivity contribution in [1.29, 1.82) is 0 Å². The van der Waals surface area contributed by atoms with Gasteiger partial charge in [0.25, 0.3) is 0 Å². The molecule has 17 heavy (non-hydrogen) atoms. The zero-order valence-corrected chi connectivity index (χ0v) is 10.4. The standard InChI is InChI=1S/C11H10BrFN2O2/c12-7-5-6(13)1-2-8(7)15-11(17)9-3-4-10(16)14-9/h1-2,5,9H,3-4H2,(H,14,16)(H,15,17)/t9-/m0/s1. The van der Waals surface area contributed by atoms with Gasteiger partial charge in [-0.15, -0.1) is 0 Å². The molecule has 90 valence electrons. The molecular formula is C11H10BrFN2O2. The van der Waals surface area contributed by atoms with Gasteiger partial charge in [-0.2, -0.15) is 0 Å². The number of rotatable bonds is 2. The molecule has 1 aromatic carbocycles. The minimum absolute atomic E-state index is 0.122. The Morgan fingerprint density at radius 3 is 2.88 bits per heavy atom. The Kier molecular flexibility index (Phi) is 3.42. The number of benzene rings is 1. The summed E-state index contributed by atoms with van der Waals surface area (Å²) in [6.07, 6.45) is 0.853. The van der Waals surface area contributed by atoms with E-state index in [4.69, 9.17) is 0 Å². The molecule has 0 bridgehead atoms. The molecule has 6 heteroatoms. The van der Waals surface area contributed by atoms with Gasteiger partial charge in [0.15, 0.2) is 0 Å². The number of anilines is 1. The number of carbonyl (C=O) groups is 2. The highest BCUT2D eigenvalue weighted by Crippen LogP contribution is 2.23. The largest absolute Gasteiger partial charge is 0.344 e. The van der Waals surface area contributed by atoms with Crippen molar-refractivity contribution in [3.05, 3.63) is 28.5 Å². The van der Waals surface area contributed by atoms with Gasteiger partial charge in [-0.25, -0.2) is 4.39 Å². The summed E-state index contributed by atoms with van der Waals surface area (Å²) >= 11 is 3.15. The Morgan fingerprint density at radius 2 is 2.29 bits per heavy atom. The summed E-state index contributed by atoms with van der Waals surface area (Å²) in [5.74, 6) is -0.796. The smallest absolute Gasteiger partial charge is 0.246 e. The van der Waals surface area contributed by atoms with Gasteiger partial charge in [0.05, 0.1) is 5.69 Å². The molecule has 0 spiro atoms. The van der Waals surface area contributed by atoms with Crippen molar-refractivity contribution in [3.8, 4) is 0 Å². The first-order chi connectivity index (χ1) is 8.06. The van der Waals surface area contributed by atoms with E-state index >= 15 is 0 Å². The maximum Gasteiger partial charge on any atom is 0.246 e.